The highest BCUT2D eigenvalue weighted by Crippen LogP contribution is 2.36. The van der Waals surface area contributed by atoms with Crippen molar-refractivity contribution in [3.8, 4) is 0 Å². The summed E-state index contributed by atoms with van der Waals surface area (Å²) >= 11 is 11.9. The Labute approximate surface area is 108 Å². The Morgan fingerprint density at radius 3 is 2.59 bits per heavy atom. The van der Waals surface area contributed by atoms with Gasteiger partial charge in [0, 0.05) is 6.42 Å². The number of aliphatic carboxylic acids is 1. The largest absolute Gasteiger partial charge is 0.477 e. The van der Waals surface area contributed by atoms with E-state index < -0.39 is 16.4 Å². The molecule has 0 radical (unpaired) electrons. The minimum Gasteiger partial charge on any atom is -0.477 e. The first kappa shape index (κ1) is 12.2. The Morgan fingerprint density at radius 2 is 2.06 bits per heavy atom. The molecular formula is C11H9Cl2NO3. The molecule has 0 spiro atoms. The summed E-state index contributed by atoms with van der Waals surface area (Å²) in [5.41, 5.74) is 0.576. The molecular weight excluding hydrogens is 265 g/mol. The van der Waals surface area contributed by atoms with E-state index in [2.05, 4.69) is 5.16 Å². The van der Waals surface area contributed by atoms with Crippen LogP contribution in [0, 0.1) is 0 Å². The monoisotopic (exact) mass is 273 g/mol. The van der Waals surface area contributed by atoms with Crippen LogP contribution < -0.4 is 0 Å². The van der Waals surface area contributed by atoms with Gasteiger partial charge in [0.2, 0.25) is 10.0 Å². The molecule has 0 amide bonds. The van der Waals surface area contributed by atoms with Crippen molar-refractivity contribution < 1.29 is 14.7 Å². The summed E-state index contributed by atoms with van der Waals surface area (Å²) < 4.78 is -1.62. The van der Waals surface area contributed by atoms with E-state index in [9.17, 15) is 4.79 Å². The fourth-order valence-electron chi connectivity index (χ4n) is 1.57. The standard InChI is InChI=1S/C11H9Cl2NO3/c12-11(13)8(17-14-9(11)10(15)16)6-7-4-2-1-3-5-7/h1-5,8H,6H2,(H,15,16). The van der Waals surface area contributed by atoms with E-state index in [0.717, 1.165) is 5.56 Å². The molecule has 4 nitrogen and oxygen atoms in total. The van der Waals surface area contributed by atoms with Gasteiger partial charge in [-0.15, -0.1) is 0 Å². The third kappa shape index (κ3) is 2.37. The number of benzene rings is 1. The van der Waals surface area contributed by atoms with Gasteiger partial charge >= 0.3 is 5.97 Å². The van der Waals surface area contributed by atoms with Crippen LogP contribution in [0.3, 0.4) is 0 Å². The van der Waals surface area contributed by atoms with Crippen LogP contribution in [0.1, 0.15) is 5.56 Å². The van der Waals surface area contributed by atoms with E-state index in [0.29, 0.717) is 6.42 Å². The van der Waals surface area contributed by atoms with Gasteiger partial charge in [-0.1, -0.05) is 58.7 Å². The van der Waals surface area contributed by atoms with Crippen LogP contribution in [-0.4, -0.2) is 27.2 Å². The molecule has 1 atom stereocenters. The smallest absolute Gasteiger partial charge is 0.357 e. The van der Waals surface area contributed by atoms with Crippen molar-refractivity contribution in [1.82, 2.24) is 0 Å². The van der Waals surface area contributed by atoms with Crippen LogP contribution in [0.4, 0.5) is 0 Å². The Kier molecular flexibility index (Phi) is 3.26. The molecule has 6 heteroatoms. The number of rotatable bonds is 3. The molecule has 1 N–H and O–H groups in total. The lowest BCUT2D eigenvalue weighted by Crippen LogP contribution is -2.40. The van der Waals surface area contributed by atoms with Crippen LogP contribution >= 0.6 is 23.2 Å². The van der Waals surface area contributed by atoms with E-state index in [1.54, 1.807) is 0 Å². The van der Waals surface area contributed by atoms with Crippen LogP contribution in [0.15, 0.2) is 35.5 Å². The number of nitrogens with zero attached hydrogens (tertiary/aromatic N) is 1. The van der Waals surface area contributed by atoms with E-state index in [1.807, 2.05) is 30.3 Å². The number of carboxylic acids is 1. The van der Waals surface area contributed by atoms with Gasteiger partial charge in [0.1, 0.15) is 0 Å². The van der Waals surface area contributed by atoms with Gasteiger partial charge in [-0.05, 0) is 5.56 Å². The zero-order chi connectivity index (χ0) is 12.5. The maximum absolute atomic E-state index is 10.8. The first-order chi connectivity index (χ1) is 8.01. The van der Waals surface area contributed by atoms with Crippen molar-refractivity contribution in [1.29, 1.82) is 0 Å². The lowest BCUT2D eigenvalue weighted by molar-refractivity contribution is -0.129. The zero-order valence-corrected chi connectivity index (χ0v) is 10.1. The van der Waals surface area contributed by atoms with Gasteiger partial charge in [0.25, 0.3) is 0 Å². The highest BCUT2D eigenvalue weighted by molar-refractivity contribution is 6.68. The zero-order valence-electron chi connectivity index (χ0n) is 8.64. The van der Waals surface area contributed by atoms with Crippen LogP contribution in [0.25, 0.3) is 0 Å². The molecule has 1 aliphatic rings. The molecule has 1 heterocycles. The molecule has 0 fully saturated rings. The van der Waals surface area contributed by atoms with Gasteiger partial charge in [0.15, 0.2) is 6.10 Å². The Balaban J connectivity index is 2.14. The summed E-state index contributed by atoms with van der Waals surface area (Å²) in [6, 6.07) is 9.38. The second-order valence-corrected chi connectivity index (χ2v) is 5.04. The number of hydrogen-bond donors (Lipinski definition) is 1. The average Bonchev–Trinajstić information content (AvgIpc) is 2.56. The predicted octanol–water partition coefficient (Wildman–Crippen LogP) is 2.24. The second kappa shape index (κ2) is 4.55. The highest BCUT2D eigenvalue weighted by Gasteiger charge is 2.50. The summed E-state index contributed by atoms with van der Waals surface area (Å²) in [6.45, 7) is 0. The molecule has 17 heavy (non-hydrogen) atoms. The molecule has 0 saturated heterocycles. The summed E-state index contributed by atoms with van der Waals surface area (Å²) in [7, 11) is 0. The van der Waals surface area contributed by atoms with E-state index in [1.165, 1.54) is 0 Å². The maximum atomic E-state index is 10.8. The van der Waals surface area contributed by atoms with E-state index in [-0.39, 0.29) is 5.71 Å². The molecule has 1 aliphatic heterocycles. The number of carbonyl (C=O) groups is 1. The van der Waals surface area contributed by atoms with Crippen LogP contribution in [0.5, 0.6) is 0 Å². The third-order valence-electron chi connectivity index (χ3n) is 2.46. The van der Waals surface area contributed by atoms with E-state index >= 15 is 0 Å². The van der Waals surface area contributed by atoms with Gasteiger partial charge in [-0.2, -0.15) is 0 Å². The van der Waals surface area contributed by atoms with Crippen molar-refractivity contribution in [3.63, 3.8) is 0 Å². The molecule has 2 rings (SSSR count). The lowest BCUT2D eigenvalue weighted by atomic mass is 10.0. The van der Waals surface area contributed by atoms with Gasteiger partial charge < -0.3 is 9.94 Å². The lowest BCUT2D eigenvalue weighted by Gasteiger charge is -2.19. The van der Waals surface area contributed by atoms with Crippen LogP contribution in [-0.2, 0) is 16.1 Å². The summed E-state index contributed by atoms with van der Waals surface area (Å²) in [4.78, 5) is 15.8. The summed E-state index contributed by atoms with van der Waals surface area (Å²) in [5.74, 6) is -1.27. The minimum absolute atomic E-state index is 0.373. The van der Waals surface area contributed by atoms with Crippen LogP contribution in [0.2, 0.25) is 0 Å². The summed E-state index contributed by atoms with van der Waals surface area (Å²) in [6.07, 6.45) is -0.298. The number of alkyl halides is 2. The maximum Gasteiger partial charge on any atom is 0.357 e. The summed E-state index contributed by atoms with van der Waals surface area (Å²) in [5, 5.41) is 12.3. The highest BCUT2D eigenvalue weighted by atomic mass is 35.5. The van der Waals surface area contributed by atoms with Crippen molar-refractivity contribution in [3.05, 3.63) is 35.9 Å². The topological polar surface area (TPSA) is 58.9 Å². The number of oxime groups is 1. The molecule has 1 unspecified atom stereocenters. The molecule has 1 aromatic rings. The second-order valence-electron chi connectivity index (χ2n) is 3.65. The quantitative estimate of drug-likeness (QED) is 0.860. The fourth-order valence-corrected chi connectivity index (χ4v) is 2.04. The number of carboxylic acid groups (broad SMARTS) is 1. The molecule has 0 bridgehead atoms. The van der Waals surface area contributed by atoms with Crippen molar-refractivity contribution in [2.24, 2.45) is 5.16 Å². The Bertz CT molecular complexity index is 459. The Morgan fingerprint density at radius 1 is 1.41 bits per heavy atom. The van der Waals surface area contributed by atoms with Gasteiger partial charge in [0.05, 0.1) is 0 Å². The van der Waals surface area contributed by atoms with Crippen molar-refractivity contribution >= 4 is 34.9 Å². The van der Waals surface area contributed by atoms with Crippen molar-refractivity contribution in [2.45, 2.75) is 16.9 Å². The average molecular weight is 274 g/mol. The molecule has 1 aromatic carbocycles. The fraction of sp³-hybridized carbons (Fsp3) is 0.273. The van der Waals surface area contributed by atoms with Gasteiger partial charge in [-0.25, -0.2) is 4.79 Å². The minimum atomic E-state index is -1.62. The first-order valence-electron chi connectivity index (χ1n) is 4.91. The number of hydrogen-bond acceptors (Lipinski definition) is 3. The predicted molar refractivity (Wildman–Crippen MR) is 64.5 cm³/mol. The SMILES string of the molecule is O=C(O)C1=NOC(Cc2ccccc2)C1(Cl)Cl. The molecule has 0 aliphatic carbocycles. The Hall–Kier alpha value is -1.26. The normalized spacial score (nSPS) is 21.8. The molecule has 0 aromatic heterocycles. The number of halogens is 2. The molecule has 0 saturated carbocycles. The van der Waals surface area contributed by atoms with Gasteiger partial charge in [-0.3, -0.25) is 0 Å². The van der Waals surface area contributed by atoms with Crippen molar-refractivity contribution in [2.75, 3.05) is 0 Å². The first-order valence-corrected chi connectivity index (χ1v) is 5.66. The third-order valence-corrected chi connectivity index (χ3v) is 3.30. The van der Waals surface area contributed by atoms with E-state index in [4.69, 9.17) is 33.1 Å². The molecule has 90 valence electrons.